The minimum Gasteiger partial charge on any atom is -0.493 e. The van der Waals surface area contributed by atoms with E-state index in [9.17, 15) is 9.18 Å². The number of likely N-dealkylation sites (tertiary alicyclic amines) is 1. The molecular weight excluding hydrogens is 343 g/mol. The van der Waals surface area contributed by atoms with Gasteiger partial charge in [0.25, 0.3) is 0 Å². The first-order chi connectivity index (χ1) is 13.2. The van der Waals surface area contributed by atoms with Gasteiger partial charge in [0.05, 0.1) is 19.2 Å². The van der Waals surface area contributed by atoms with Crippen LogP contribution in [0.4, 0.5) is 4.39 Å². The molecule has 1 amide bonds. The molecule has 2 aliphatic rings. The molecule has 0 saturated carbocycles. The van der Waals surface area contributed by atoms with Crippen LogP contribution in [0.15, 0.2) is 48.5 Å². The van der Waals surface area contributed by atoms with Crippen molar-refractivity contribution in [3.05, 3.63) is 65.5 Å². The van der Waals surface area contributed by atoms with Gasteiger partial charge in [-0.1, -0.05) is 30.3 Å². The van der Waals surface area contributed by atoms with Crippen molar-refractivity contribution < 1.29 is 13.9 Å². The van der Waals surface area contributed by atoms with Gasteiger partial charge in [-0.25, -0.2) is 4.39 Å². The van der Waals surface area contributed by atoms with Crippen LogP contribution in [0, 0.1) is 5.82 Å². The Bertz CT molecular complexity index is 810. The van der Waals surface area contributed by atoms with Crippen LogP contribution >= 0.6 is 0 Å². The lowest BCUT2D eigenvalue weighted by molar-refractivity contribution is -0.123. The highest BCUT2D eigenvalue weighted by molar-refractivity contribution is 5.78. The smallest absolute Gasteiger partial charge is 0.234 e. The van der Waals surface area contributed by atoms with Crippen molar-refractivity contribution in [3.8, 4) is 5.75 Å². The largest absolute Gasteiger partial charge is 0.493 e. The number of fused-ring (bicyclic) bond motifs is 1. The van der Waals surface area contributed by atoms with Crippen LogP contribution in [0.3, 0.4) is 0 Å². The van der Waals surface area contributed by atoms with Gasteiger partial charge in [-0.15, -0.1) is 0 Å². The number of carbonyl (C=O) groups excluding carboxylic acids is 1. The van der Waals surface area contributed by atoms with Crippen LogP contribution in [0.1, 0.15) is 36.4 Å². The number of para-hydroxylation sites is 1. The molecule has 0 aromatic heterocycles. The molecule has 2 heterocycles. The summed E-state index contributed by atoms with van der Waals surface area (Å²) < 4.78 is 19.1. The Morgan fingerprint density at radius 2 is 2.07 bits per heavy atom. The lowest BCUT2D eigenvalue weighted by Crippen LogP contribution is -2.42. The molecule has 0 spiro atoms. The van der Waals surface area contributed by atoms with E-state index in [-0.39, 0.29) is 17.8 Å². The van der Waals surface area contributed by atoms with Crippen molar-refractivity contribution in [1.82, 2.24) is 10.2 Å². The third-order valence-corrected chi connectivity index (χ3v) is 5.50. The summed E-state index contributed by atoms with van der Waals surface area (Å²) in [4.78, 5) is 14.9. The van der Waals surface area contributed by atoms with E-state index < -0.39 is 0 Å². The summed E-state index contributed by atoms with van der Waals surface area (Å²) >= 11 is 0. The van der Waals surface area contributed by atoms with E-state index in [0.717, 1.165) is 49.1 Å². The fourth-order valence-corrected chi connectivity index (χ4v) is 4.19. The fourth-order valence-electron chi connectivity index (χ4n) is 4.19. The third kappa shape index (κ3) is 4.30. The predicted octanol–water partition coefficient (Wildman–Crippen LogP) is 3.47. The SMILES string of the molecule is O=C(CN1CCC[C@H]1Cc1cccc(F)c1)N[C@@H]1CCOc2ccccc21. The minimum atomic E-state index is -0.201. The van der Waals surface area contributed by atoms with Gasteiger partial charge in [-0.2, -0.15) is 0 Å². The topological polar surface area (TPSA) is 41.6 Å². The second-order valence-electron chi connectivity index (χ2n) is 7.40. The molecule has 27 heavy (non-hydrogen) atoms. The van der Waals surface area contributed by atoms with Crippen LogP contribution in [0.2, 0.25) is 0 Å². The summed E-state index contributed by atoms with van der Waals surface area (Å²) in [6, 6.07) is 15.0. The highest BCUT2D eigenvalue weighted by Gasteiger charge is 2.28. The molecule has 0 aliphatic carbocycles. The number of nitrogens with one attached hydrogen (secondary N) is 1. The molecule has 1 saturated heterocycles. The van der Waals surface area contributed by atoms with E-state index in [1.165, 1.54) is 6.07 Å². The first-order valence-corrected chi connectivity index (χ1v) is 9.68. The summed E-state index contributed by atoms with van der Waals surface area (Å²) in [6.07, 6.45) is 3.69. The highest BCUT2D eigenvalue weighted by Crippen LogP contribution is 2.31. The van der Waals surface area contributed by atoms with Crippen LogP contribution in [-0.4, -0.2) is 36.5 Å². The van der Waals surface area contributed by atoms with Crippen LogP contribution in [-0.2, 0) is 11.2 Å². The molecule has 2 aliphatic heterocycles. The van der Waals surface area contributed by atoms with Crippen molar-refractivity contribution in [1.29, 1.82) is 0 Å². The number of halogens is 1. The lowest BCUT2D eigenvalue weighted by atomic mass is 10.0. The molecular formula is C22H25FN2O2. The number of carbonyl (C=O) groups is 1. The molecule has 2 aromatic carbocycles. The maximum atomic E-state index is 13.4. The zero-order valence-corrected chi connectivity index (χ0v) is 15.4. The van der Waals surface area contributed by atoms with Crippen molar-refractivity contribution >= 4 is 5.91 Å². The molecule has 2 aromatic rings. The zero-order chi connectivity index (χ0) is 18.6. The van der Waals surface area contributed by atoms with E-state index in [1.54, 1.807) is 12.1 Å². The van der Waals surface area contributed by atoms with Gasteiger partial charge in [0.1, 0.15) is 11.6 Å². The Morgan fingerprint density at radius 3 is 2.96 bits per heavy atom. The molecule has 0 radical (unpaired) electrons. The number of benzene rings is 2. The quantitative estimate of drug-likeness (QED) is 0.879. The second kappa shape index (κ2) is 8.09. The molecule has 142 valence electrons. The van der Waals surface area contributed by atoms with Crippen molar-refractivity contribution in [2.75, 3.05) is 19.7 Å². The summed E-state index contributed by atoms with van der Waals surface area (Å²) in [5.74, 6) is 0.704. The van der Waals surface area contributed by atoms with Crippen molar-refractivity contribution in [3.63, 3.8) is 0 Å². The predicted molar refractivity (Wildman–Crippen MR) is 102 cm³/mol. The number of amides is 1. The van der Waals surface area contributed by atoms with Crippen LogP contribution in [0.5, 0.6) is 5.75 Å². The Balaban J connectivity index is 1.36. The third-order valence-electron chi connectivity index (χ3n) is 5.50. The molecule has 0 unspecified atom stereocenters. The maximum absolute atomic E-state index is 13.4. The van der Waals surface area contributed by atoms with Gasteiger partial charge in [0.2, 0.25) is 5.91 Å². The first-order valence-electron chi connectivity index (χ1n) is 9.68. The maximum Gasteiger partial charge on any atom is 0.234 e. The standard InChI is InChI=1S/C22H25FN2O2/c23-17-6-3-5-16(13-17)14-18-7-4-11-25(18)15-22(26)24-20-10-12-27-21-9-2-1-8-19(20)21/h1-3,5-6,8-9,13,18,20H,4,7,10-12,14-15H2,(H,24,26)/t18-,20+/m0/s1. The molecule has 0 bridgehead atoms. The van der Waals surface area contributed by atoms with E-state index in [1.807, 2.05) is 30.3 Å². The Morgan fingerprint density at radius 1 is 1.19 bits per heavy atom. The van der Waals surface area contributed by atoms with Gasteiger partial charge in [0.15, 0.2) is 0 Å². The molecule has 1 fully saturated rings. The fraction of sp³-hybridized carbons (Fsp3) is 0.409. The van der Waals surface area contributed by atoms with Gasteiger partial charge in [0, 0.05) is 18.0 Å². The number of hydrogen-bond donors (Lipinski definition) is 1. The summed E-state index contributed by atoms with van der Waals surface area (Å²) in [5, 5.41) is 3.17. The summed E-state index contributed by atoms with van der Waals surface area (Å²) in [6.45, 7) is 1.92. The highest BCUT2D eigenvalue weighted by atomic mass is 19.1. The van der Waals surface area contributed by atoms with Gasteiger partial charge >= 0.3 is 0 Å². The minimum absolute atomic E-state index is 0.00622. The van der Waals surface area contributed by atoms with Crippen molar-refractivity contribution in [2.45, 2.75) is 37.8 Å². The molecule has 4 rings (SSSR count). The Kier molecular flexibility index (Phi) is 5.39. The normalized spacial score (nSPS) is 22.1. The van der Waals surface area contributed by atoms with Gasteiger partial charge < -0.3 is 10.1 Å². The van der Waals surface area contributed by atoms with E-state index in [0.29, 0.717) is 19.2 Å². The molecule has 4 nitrogen and oxygen atoms in total. The average Bonchev–Trinajstić information content (AvgIpc) is 3.08. The zero-order valence-electron chi connectivity index (χ0n) is 15.4. The Labute approximate surface area is 159 Å². The van der Waals surface area contributed by atoms with Crippen molar-refractivity contribution in [2.24, 2.45) is 0 Å². The number of nitrogens with zero attached hydrogens (tertiary/aromatic N) is 1. The lowest BCUT2D eigenvalue weighted by Gasteiger charge is -2.29. The second-order valence-corrected chi connectivity index (χ2v) is 7.40. The Hall–Kier alpha value is -2.40. The summed E-state index contributed by atoms with van der Waals surface area (Å²) in [5.41, 5.74) is 2.04. The summed E-state index contributed by atoms with van der Waals surface area (Å²) in [7, 11) is 0. The monoisotopic (exact) mass is 368 g/mol. The number of ether oxygens (including phenoxy) is 1. The molecule has 2 atom stereocenters. The molecule has 1 N–H and O–H groups in total. The van der Waals surface area contributed by atoms with E-state index in [4.69, 9.17) is 4.74 Å². The molecule has 5 heteroatoms. The van der Waals surface area contributed by atoms with E-state index >= 15 is 0 Å². The van der Waals surface area contributed by atoms with Gasteiger partial charge in [-0.05, 0) is 49.6 Å². The first kappa shape index (κ1) is 18.0. The average molecular weight is 368 g/mol. The number of rotatable bonds is 5. The van der Waals surface area contributed by atoms with Crippen LogP contribution < -0.4 is 10.1 Å². The van der Waals surface area contributed by atoms with E-state index in [2.05, 4.69) is 10.2 Å². The number of hydrogen-bond acceptors (Lipinski definition) is 3. The van der Waals surface area contributed by atoms with Gasteiger partial charge in [-0.3, -0.25) is 9.69 Å². The van der Waals surface area contributed by atoms with Crippen LogP contribution in [0.25, 0.3) is 0 Å².